The van der Waals surface area contributed by atoms with E-state index in [0.29, 0.717) is 0 Å². The molecule has 110 valence electrons. The van der Waals surface area contributed by atoms with E-state index in [-0.39, 0.29) is 28.2 Å². The Bertz CT molecular complexity index is 674. The Morgan fingerprint density at radius 3 is 2.62 bits per heavy atom. The van der Waals surface area contributed by atoms with Crippen LogP contribution in [0.1, 0.15) is 39.2 Å². The van der Waals surface area contributed by atoms with E-state index in [1.165, 1.54) is 12.1 Å². The third-order valence-corrected chi connectivity index (χ3v) is 5.77. The molecule has 0 radical (unpaired) electrons. The molecule has 4 heteroatoms. The first-order chi connectivity index (χ1) is 9.77. The molecular formula is C17H19NO3. The summed E-state index contributed by atoms with van der Waals surface area (Å²) in [6.07, 6.45) is 3.82. The van der Waals surface area contributed by atoms with Crippen molar-refractivity contribution >= 4 is 17.5 Å². The van der Waals surface area contributed by atoms with Gasteiger partial charge in [-0.05, 0) is 41.4 Å². The molecule has 2 aliphatic rings. The summed E-state index contributed by atoms with van der Waals surface area (Å²) < 4.78 is 0. The van der Waals surface area contributed by atoms with Gasteiger partial charge in [0.1, 0.15) is 0 Å². The molecule has 4 nitrogen and oxygen atoms in total. The summed E-state index contributed by atoms with van der Waals surface area (Å²) in [4.78, 5) is 23.2. The SMILES string of the molecule is CC12CCC(/C(=C\c3cccc([N+](=O)[O-])c3)C1=O)C2(C)C. The Labute approximate surface area is 124 Å². The molecule has 0 spiro atoms. The molecule has 1 aromatic rings. The third-order valence-electron chi connectivity index (χ3n) is 5.77. The van der Waals surface area contributed by atoms with Crippen molar-refractivity contribution in [2.24, 2.45) is 16.7 Å². The van der Waals surface area contributed by atoms with Crippen molar-refractivity contribution in [3.8, 4) is 0 Å². The predicted molar refractivity (Wildman–Crippen MR) is 80.7 cm³/mol. The van der Waals surface area contributed by atoms with Gasteiger partial charge in [0, 0.05) is 17.5 Å². The summed E-state index contributed by atoms with van der Waals surface area (Å²) in [7, 11) is 0. The van der Waals surface area contributed by atoms with Gasteiger partial charge in [-0.1, -0.05) is 32.9 Å². The molecule has 2 bridgehead atoms. The van der Waals surface area contributed by atoms with Crippen LogP contribution in [-0.2, 0) is 4.79 Å². The minimum Gasteiger partial charge on any atom is -0.294 e. The van der Waals surface area contributed by atoms with Gasteiger partial charge in [-0.25, -0.2) is 0 Å². The van der Waals surface area contributed by atoms with E-state index >= 15 is 0 Å². The van der Waals surface area contributed by atoms with Gasteiger partial charge in [-0.15, -0.1) is 0 Å². The number of nitro benzene ring substituents is 1. The van der Waals surface area contributed by atoms with Gasteiger partial charge in [0.25, 0.3) is 5.69 Å². The van der Waals surface area contributed by atoms with Crippen LogP contribution in [-0.4, -0.2) is 10.7 Å². The Morgan fingerprint density at radius 2 is 2.05 bits per heavy atom. The summed E-state index contributed by atoms with van der Waals surface area (Å²) in [6, 6.07) is 6.47. The van der Waals surface area contributed by atoms with Gasteiger partial charge in [0.05, 0.1) is 4.92 Å². The fourth-order valence-corrected chi connectivity index (χ4v) is 4.00. The molecule has 0 saturated heterocycles. The summed E-state index contributed by atoms with van der Waals surface area (Å²) >= 11 is 0. The highest BCUT2D eigenvalue weighted by molar-refractivity contribution is 6.07. The van der Waals surface area contributed by atoms with Crippen molar-refractivity contribution in [2.75, 3.05) is 0 Å². The number of nitro groups is 1. The summed E-state index contributed by atoms with van der Waals surface area (Å²) in [5.74, 6) is 0.476. The molecule has 2 aliphatic carbocycles. The molecule has 0 aliphatic heterocycles. The fraction of sp³-hybridized carbons (Fsp3) is 0.471. The van der Waals surface area contributed by atoms with Crippen molar-refractivity contribution in [1.29, 1.82) is 0 Å². The summed E-state index contributed by atoms with van der Waals surface area (Å²) in [5.41, 5.74) is 1.32. The largest absolute Gasteiger partial charge is 0.294 e. The number of ketones is 1. The summed E-state index contributed by atoms with van der Waals surface area (Å²) in [6.45, 7) is 6.39. The van der Waals surface area contributed by atoms with Gasteiger partial charge >= 0.3 is 0 Å². The molecule has 2 atom stereocenters. The maximum Gasteiger partial charge on any atom is 0.270 e. The normalized spacial score (nSPS) is 31.9. The van der Waals surface area contributed by atoms with E-state index in [1.807, 2.05) is 12.1 Å². The van der Waals surface area contributed by atoms with Gasteiger partial charge in [0.2, 0.25) is 0 Å². The number of non-ortho nitro benzene ring substituents is 1. The van der Waals surface area contributed by atoms with Crippen LogP contribution in [0.25, 0.3) is 6.08 Å². The number of Topliss-reactive ketones (excluding diaryl/α,β-unsaturated/α-hetero) is 1. The lowest BCUT2D eigenvalue weighted by molar-refractivity contribution is -0.384. The van der Waals surface area contributed by atoms with Crippen LogP contribution in [0.4, 0.5) is 5.69 Å². The number of carbonyl (C=O) groups excluding carboxylic acids is 1. The lowest BCUT2D eigenvalue weighted by Crippen LogP contribution is -2.32. The first-order valence-electron chi connectivity index (χ1n) is 7.28. The second kappa shape index (κ2) is 4.26. The maximum atomic E-state index is 12.7. The molecule has 2 unspecified atom stereocenters. The average molecular weight is 285 g/mol. The van der Waals surface area contributed by atoms with E-state index in [4.69, 9.17) is 0 Å². The predicted octanol–water partition coefficient (Wildman–Crippen LogP) is 4.00. The van der Waals surface area contributed by atoms with E-state index in [1.54, 1.807) is 6.07 Å². The minimum atomic E-state index is -0.407. The van der Waals surface area contributed by atoms with Crippen LogP contribution in [0.2, 0.25) is 0 Å². The second-order valence-corrected chi connectivity index (χ2v) is 6.93. The number of nitrogens with zero attached hydrogens (tertiary/aromatic N) is 1. The first-order valence-corrected chi connectivity index (χ1v) is 7.28. The number of benzene rings is 1. The first kappa shape index (κ1) is 14.0. The van der Waals surface area contributed by atoms with Crippen LogP contribution in [0, 0.1) is 26.9 Å². The maximum absolute atomic E-state index is 12.7. The Balaban J connectivity index is 2.04. The zero-order chi connectivity index (χ0) is 15.4. The van der Waals surface area contributed by atoms with E-state index in [9.17, 15) is 14.9 Å². The fourth-order valence-electron chi connectivity index (χ4n) is 4.00. The van der Waals surface area contributed by atoms with Gasteiger partial charge in [-0.2, -0.15) is 0 Å². The van der Waals surface area contributed by atoms with Crippen LogP contribution in [0.3, 0.4) is 0 Å². The van der Waals surface area contributed by atoms with Crippen molar-refractivity contribution in [1.82, 2.24) is 0 Å². The number of rotatable bonds is 2. The van der Waals surface area contributed by atoms with Gasteiger partial charge in [0.15, 0.2) is 5.78 Å². The van der Waals surface area contributed by atoms with E-state index in [0.717, 1.165) is 24.0 Å². The number of carbonyl (C=O) groups is 1. The van der Waals surface area contributed by atoms with Crippen LogP contribution < -0.4 is 0 Å². The molecule has 3 rings (SSSR count). The topological polar surface area (TPSA) is 60.2 Å². The minimum absolute atomic E-state index is 0.0311. The molecular weight excluding hydrogens is 266 g/mol. The zero-order valence-corrected chi connectivity index (χ0v) is 12.6. The number of hydrogen-bond acceptors (Lipinski definition) is 3. The summed E-state index contributed by atoms with van der Waals surface area (Å²) in [5, 5.41) is 10.9. The van der Waals surface area contributed by atoms with Gasteiger partial charge < -0.3 is 0 Å². The van der Waals surface area contributed by atoms with Crippen LogP contribution in [0.5, 0.6) is 0 Å². The highest BCUT2D eigenvalue weighted by Crippen LogP contribution is 2.65. The van der Waals surface area contributed by atoms with Crippen molar-refractivity contribution in [2.45, 2.75) is 33.6 Å². The van der Waals surface area contributed by atoms with Gasteiger partial charge in [-0.3, -0.25) is 14.9 Å². The second-order valence-electron chi connectivity index (χ2n) is 6.93. The lowest BCUT2D eigenvalue weighted by Gasteiger charge is -2.31. The molecule has 21 heavy (non-hydrogen) atoms. The Morgan fingerprint density at radius 1 is 1.33 bits per heavy atom. The molecule has 2 fully saturated rings. The standard InChI is InChI=1S/C17H19NO3/c1-16(2)14-7-8-17(16,3)15(19)13(14)10-11-5-4-6-12(9-11)18(20)21/h4-6,9-10,14H,7-8H2,1-3H3/b13-10+. The van der Waals surface area contributed by atoms with E-state index < -0.39 is 4.92 Å². The van der Waals surface area contributed by atoms with Crippen molar-refractivity contribution < 1.29 is 9.72 Å². The number of hydrogen-bond donors (Lipinski definition) is 0. The van der Waals surface area contributed by atoms with Crippen molar-refractivity contribution in [3.63, 3.8) is 0 Å². The smallest absolute Gasteiger partial charge is 0.270 e. The molecule has 0 N–H and O–H groups in total. The third kappa shape index (κ3) is 1.78. The van der Waals surface area contributed by atoms with Crippen LogP contribution in [0.15, 0.2) is 29.8 Å². The Kier molecular flexibility index (Phi) is 2.84. The van der Waals surface area contributed by atoms with Crippen molar-refractivity contribution in [3.05, 3.63) is 45.5 Å². The lowest BCUT2D eigenvalue weighted by atomic mass is 9.70. The van der Waals surface area contributed by atoms with E-state index in [2.05, 4.69) is 20.8 Å². The molecule has 2 saturated carbocycles. The van der Waals surface area contributed by atoms with Crippen LogP contribution >= 0.6 is 0 Å². The number of fused-ring (bicyclic) bond motifs is 2. The zero-order valence-electron chi connectivity index (χ0n) is 12.6. The molecule has 0 amide bonds. The number of allylic oxidation sites excluding steroid dienone is 1. The molecule has 1 aromatic carbocycles. The quantitative estimate of drug-likeness (QED) is 0.468. The molecule has 0 aromatic heterocycles. The highest BCUT2D eigenvalue weighted by Gasteiger charge is 2.63. The average Bonchev–Trinajstić information content (AvgIpc) is 2.73. The monoisotopic (exact) mass is 285 g/mol. The Hall–Kier alpha value is -1.97. The highest BCUT2D eigenvalue weighted by atomic mass is 16.6. The molecule has 0 heterocycles.